The van der Waals surface area contributed by atoms with Crippen molar-refractivity contribution in [2.75, 3.05) is 16.8 Å². The van der Waals surface area contributed by atoms with Gasteiger partial charge in [-0.25, -0.2) is 4.79 Å². The molecule has 26 heavy (non-hydrogen) atoms. The van der Waals surface area contributed by atoms with Gasteiger partial charge in [-0.15, -0.1) is 11.3 Å². The summed E-state index contributed by atoms with van der Waals surface area (Å²) in [6, 6.07) is 8.85. The largest absolute Gasteiger partial charge is 0.448 e. The lowest BCUT2D eigenvalue weighted by Crippen LogP contribution is -2.47. The normalized spacial score (nSPS) is 14.4. The van der Waals surface area contributed by atoms with E-state index in [1.807, 2.05) is 19.9 Å². The molecular formula is C19H20N2O4S. The number of carbonyl (C=O) groups is 3. The Labute approximate surface area is 155 Å². The number of aryl methyl sites for hydroxylation is 2. The number of amides is 2. The third-order valence-electron chi connectivity index (χ3n) is 4.27. The molecule has 0 saturated heterocycles. The molecule has 1 aliphatic rings. The van der Waals surface area contributed by atoms with Crippen LogP contribution in [0.4, 0.5) is 11.4 Å². The fraction of sp³-hybridized carbons (Fsp3) is 0.316. The van der Waals surface area contributed by atoms with E-state index in [2.05, 4.69) is 5.32 Å². The third kappa shape index (κ3) is 3.48. The maximum absolute atomic E-state index is 12.8. The summed E-state index contributed by atoms with van der Waals surface area (Å²) in [5, 5.41) is 2.73. The van der Waals surface area contributed by atoms with E-state index in [1.165, 1.54) is 23.2 Å². The number of carbonyl (C=O) groups excluding carboxylic acids is 3. The quantitative estimate of drug-likeness (QED) is 0.837. The number of nitrogens with zero attached hydrogens (tertiary/aromatic N) is 1. The lowest BCUT2D eigenvalue weighted by molar-refractivity contribution is -0.128. The highest BCUT2D eigenvalue weighted by atomic mass is 32.1. The van der Waals surface area contributed by atoms with Crippen LogP contribution < -0.4 is 10.2 Å². The van der Waals surface area contributed by atoms with Crippen LogP contribution in [0.15, 0.2) is 30.3 Å². The molecule has 0 unspecified atom stereocenters. The molecule has 0 radical (unpaired) electrons. The van der Waals surface area contributed by atoms with Crippen LogP contribution in [0.25, 0.3) is 0 Å². The number of nitrogens with one attached hydrogen (secondary N) is 1. The molecule has 0 aliphatic carbocycles. The Balaban J connectivity index is 1.75. The Kier molecular flexibility index (Phi) is 5.08. The minimum absolute atomic E-state index is 0.101. The SMILES string of the molecule is CCc1cc(C(=O)O[C@@H](C)C(=O)N2CC(=O)Nc3ccccc32)sc1C. The highest BCUT2D eigenvalue weighted by Gasteiger charge is 2.31. The highest BCUT2D eigenvalue weighted by Crippen LogP contribution is 2.30. The molecular weight excluding hydrogens is 352 g/mol. The standard InChI is InChI=1S/C19H20N2O4S/c1-4-13-9-16(26-12(13)3)19(24)25-11(2)18(23)21-10-17(22)20-14-7-5-6-8-15(14)21/h5-9,11H,4,10H2,1-3H3,(H,20,22)/t11-/m0/s1. The van der Waals surface area contributed by atoms with Gasteiger partial charge in [0.1, 0.15) is 11.4 Å². The van der Waals surface area contributed by atoms with Crippen molar-refractivity contribution in [1.29, 1.82) is 0 Å². The average molecular weight is 372 g/mol. The smallest absolute Gasteiger partial charge is 0.349 e. The molecule has 1 atom stereocenters. The fourth-order valence-electron chi connectivity index (χ4n) is 2.89. The second-order valence-electron chi connectivity index (χ2n) is 6.08. The number of esters is 1. The zero-order valence-electron chi connectivity index (χ0n) is 14.9. The molecule has 2 aromatic rings. The summed E-state index contributed by atoms with van der Waals surface area (Å²) < 4.78 is 5.36. The van der Waals surface area contributed by atoms with Gasteiger partial charge in [0, 0.05) is 4.88 Å². The predicted octanol–water partition coefficient (Wildman–Crippen LogP) is 3.15. The van der Waals surface area contributed by atoms with Crippen LogP contribution in [0, 0.1) is 6.92 Å². The van der Waals surface area contributed by atoms with Gasteiger partial charge in [-0.2, -0.15) is 0 Å². The molecule has 6 nitrogen and oxygen atoms in total. The Hall–Kier alpha value is -2.67. The monoisotopic (exact) mass is 372 g/mol. The van der Waals surface area contributed by atoms with Crippen LogP contribution >= 0.6 is 11.3 Å². The van der Waals surface area contributed by atoms with Gasteiger partial charge in [0.2, 0.25) is 5.91 Å². The summed E-state index contributed by atoms with van der Waals surface area (Å²) in [6.07, 6.45) is -0.155. The molecule has 3 rings (SSSR count). The molecule has 0 saturated carbocycles. The van der Waals surface area contributed by atoms with E-state index in [0.717, 1.165) is 16.9 Å². The van der Waals surface area contributed by atoms with Crippen molar-refractivity contribution in [3.63, 3.8) is 0 Å². The van der Waals surface area contributed by atoms with Crippen molar-refractivity contribution in [3.05, 3.63) is 45.6 Å². The number of benzene rings is 1. The molecule has 7 heteroatoms. The van der Waals surface area contributed by atoms with Gasteiger partial charge in [-0.05, 0) is 44.0 Å². The van der Waals surface area contributed by atoms with Crippen LogP contribution in [-0.2, 0) is 20.7 Å². The molecule has 1 aliphatic heterocycles. The summed E-state index contributed by atoms with van der Waals surface area (Å²) in [5.41, 5.74) is 2.26. The zero-order chi connectivity index (χ0) is 18.8. The van der Waals surface area contributed by atoms with Crippen LogP contribution in [0.2, 0.25) is 0 Å². The molecule has 0 bridgehead atoms. The summed E-state index contributed by atoms with van der Waals surface area (Å²) >= 11 is 1.36. The number of hydrogen-bond acceptors (Lipinski definition) is 5. The lowest BCUT2D eigenvalue weighted by Gasteiger charge is -2.30. The topological polar surface area (TPSA) is 75.7 Å². The van der Waals surface area contributed by atoms with Crippen molar-refractivity contribution in [2.24, 2.45) is 0 Å². The third-order valence-corrected chi connectivity index (χ3v) is 5.34. The number of rotatable bonds is 4. The van der Waals surface area contributed by atoms with Crippen molar-refractivity contribution in [3.8, 4) is 0 Å². The molecule has 0 spiro atoms. The summed E-state index contributed by atoms with van der Waals surface area (Å²) in [4.78, 5) is 39.9. The average Bonchev–Trinajstić information content (AvgIpc) is 3.01. The maximum atomic E-state index is 12.8. The molecule has 2 heterocycles. The first kappa shape index (κ1) is 18.1. The van der Waals surface area contributed by atoms with E-state index in [-0.39, 0.29) is 12.5 Å². The second kappa shape index (κ2) is 7.29. The number of thiophene rings is 1. The first-order valence-corrected chi connectivity index (χ1v) is 9.23. The first-order valence-electron chi connectivity index (χ1n) is 8.41. The minimum Gasteiger partial charge on any atom is -0.448 e. The summed E-state index contributed by atoms with van der Waals surface area (Å²) in [7, 11) is 0. The van der Waals surface area contributed by atoms with Crippen molar-refractivity contribution in [2.45, 2.75) is 33.3 Å². The van der Waals surface area contributed by atoms with Gasteiger partial charge in [0.25, 0.3) is 5.91 Å². The summed E-state index contributed by atoms with van der Waals surface area (Å²) in [6.45, 7) is 5.40. The van der Waals surface area contributed by atoms with E-state index >= 15 is 0 Å². The summed E-state index contributed by atoms with van der Waals surface area (Å²) in [5.74, 6) is -1.23. The zero-order valence-corrected chi connectivity index (χ0v) is 15.7. The van der Waals surface area contributed by atoms with Crippen LogP contribution in [0.3, 0.4) is 0 Å². The van der Waals surface area contributed by atoms with Crippen LogP contribution in [0.5, 0.6) is 0 Å². The van der Waals surface area contributed by atoms with Crippen LogP contribution in [0.1, 0.15) is 34.0 Å². The fourth-order valence-corrected chi connectivity index (χ4v) is 3.89. The maximum Gasteiger partial charge on any atom is 0.349 e. The Morgan fingerprint density at radius 3 is 2.77 bits per heavy atom. The van der Waals surface area contributed by atoms with Gasteiger partial charge in [-0.1, -0.05) is 19.1 Å². The van der Waals surface area contributed by atoms with Gasteiger partial charge < -0.3 is 10.1 Å². The molecule has 136 valence electrons. The minimum atomic E-state index is -0.992. The lowest BCUT2D eigenvalue weighted by atomic mass is 10.1. The highest BCUT2D eigenvalue weighted by molar-refractivity contribution is 7.14. The first-order chi connectivity index (χ1) is 12.4. The number of ether oxygens (including phenoxy) is 1. The number of para-hydroxylation sites is 2. The van der Waals surface area contributed by atoms with Crippen molar-refractivity contribution >= 4 is 40.5 Å². The second-order valence-corrected chi connectivity index (χ2v) is 7.34. The van der Waals surface area contributed by atoms with Crippen molar-refractivity contribution < 1.29 is 19.1 Å². The van der Waals surface area contributed by atoms with Gasteiger partial charge >= 0.3 is 5.97 Å². The Bertz CT molecular complexity index is 874. The van der Waals surface area contributed by atoms with E-state index in [1.54, 1.807) is 24.3 Å². The van der Waals surface area contributed by atoms with Crippen LogP contribution in [-0.4, -0.2) is 30.4 Å². The molecule has 1 aromatic heterocycles. The van der Waals surface area contributed by atoms with Gasteiger partial charge in [-0.3, -0.25) is 14.5 Å². The van der Waals surface area contributed by atoms with E-state index in [4.69, 9.17) is 4.74 Å². The molecule has 2 amide bonds. The molecule has 1 N–H and O–H groups in total. The molecule has 0 fully saturated rings. The Morgan fingerprint density at radius 1 is 1.35 bits per heavy atom. The van der Waals surface area contributed by atoms with E-state index < -0.39 is 18.0 Å². The number of hydrogen-bond donors (Lipinski definition) is 1. The van der Waals surface area contributed by atoms with E-state index in [0.29, 0.717) is 16.3 Å². The molecule has 1 aromatic carbocycles. The van der Waals surface area contributed by atoms with Gasteiger partial charge in [0.05, 0.1) is 11.4 Å². The number of fused-ring (bicyclic) bond motifs is 1. The van der Waals surface area contributed by atoms with Gasteiger partial charge in [0.15, 0.2) is 6.10 Å². The van der Waals surface area contributed by atoms with Crippen molar-refractivity contribution in [1.82, 2.24) is 0 Å². The predicted molar refractivity (Wildman–Crippen MR) is 101 cm³/mol. The number of anilines is 2. The Morgan fingerprint density at radius 2 is 2.08 bits per heavy atom. The van der Waals surface area contributed by atoms with E-state index in [9.17, 15) is 14.4 Å².